The zero-order valence-electron chi connectivity index (χ0n) is 17.3. The van der Waals surface area contributed by atoms with E-state index in [1.165, 1.54) is 11.1 Å². The molecular formula is C24H28ClNO3. The molecule has 0 unspecified atom stereocenters. The molecule has 1 aliphatic rings. The van der Waals surface area contributed by atoms with Gasteiger partial charge in [0.15, 0.2) is 6.61 Å². The van der Waals surface area contributed by atoms with E-state index in [-0.39, 0.29) is 24.5 Å². The maximum absolute atomic E-state index is 13.0. The number of carbonyl (C=O) groups is 2. The fourth-order valence-corrected chi connectivity index (χ4v) is 4.15. The fraction of sp³-hybridized carbons (Fsp3) is 0.417. The van der Waals surface area contributed by atoms with Gasteiger partial charge in [-0.2, -0.15) is 0 Å². The monoisotopic (exact) mass is 413 g/mol. The average Bonchev–Trinajstić information content (AvgIpc) is 3.20. The molecule has 1 amide bonds. The predicted molar refractivity (Wildman–Crippen MR) is 115 cm³/mol. The zero-order valence-corrected chi connectivity index (χ0v) is 18.0. The number of aryl methyl sites for hydroxylation is 2. The molecule has 3 rings (SSSR count). The molecule has 0 aromatic heterocycles. The summed E-state index contributed by atoms with van der Waals surface area (Å²) >= 11 is 5.99. The highest BCUT2D eigenvalue weighted by atomic mass is 35.5. The van der Waals surface area contributed by atoms with Crippen LogP contribution in [-0.2, 0) is 19.7 Å². The van der Waals surface area contributed by atoms with E-state index >= 15 is 0 Å². The quantitative estimate of drug-likeness (QED) is 0.663. The first-order chi connectivity index (χ1) is 13.8. The van der Waals surface area contributed by atoms with Crippen LogP contribution in [0, 0.1) is 13.8 Å². The van der Waals surface area contributed by atoms with Gasteiger partial charge in [-0.1, -0.05) is 54.8 Å². The first-order valence-electron chi connectivity index (χ1n) is 10.1. The molecular weight excluding hydrogens is 386 g/mol. The molecule has 1 N–H and O–H groups in total. The summed E-state index contributed by atoms with van der Waals surface area (Å²) in [6, 6.07) is 13.3. The van der Waals surface area contributed by atoms with Crippen LogP contribution in [0.1, 0.15) is 60.9 Å². The lowest BCUT2D eigenvalue weighted by molar-refractivity contribution is -0.154. The number of ether oxygens (including phenoxy) is 1. The number of halogens is 1. The topological polar surface area (TPSA) is 55.4 Å². The van der Waals surface area contributed by atoms with Crippen molar-refractivity contribution in [3.63, 3.8) is 0 Å². The van der Waals surface area contributed by atoms with E-state index in [0.29, 0.717) is 5.02 Å². The van der Waals surface area contributed by atoms with Crippen molar-refractivity contribution in [1.82, 2.24) is 5.32 Å². The SMILES string of the molecule is Cc1ccc([C@@H](C)NC(=O)COC(=O)C2(c3ccc(Cl)cc3)CCCC2)cc1C. The van der Waals surface area contributed by atoms with Crippen LogP contribution < -0.4 is 5.32 Å². The van der Waals surface area contributed by atoms with Gasteiger partial charge < -0.3 is 10.1 Å². The molecule has 5 heteroatoms. The summed E-state index contributed by atoms with van der Waals surface area (Å²) in [5.74, 6) is -0.625. The summed E-state index contributed by atoms with van der Waals surface area (Å²) < 4.78 is 5.47. The van der Waals surface area contributed by atoms with Crippen molar-refractivity contribution in [2.45, 2.75) is 57.9 Å². The van der Waals surface area contributed by atoms with Crippen LogP contribution in [0.3, 0.4) is 0 Å². The lowest BCUT2D eigenvalue weighted by Gasteiger charge is -2.27. The smallest absolute Gasteiger partial charge is 0.317 e. The van der Waals surface area contributed by atoms with Crippen molar-refractivity contribution in [1.29, 1.82) is 0 Å². The summed E-state index contributed by atoms with van der Waals surface area (Å²) in [6.45, 7) is 5.76. The molecule has 0 heterocycles. The molecule has 154 valence electrons. The minimum atomic E-state index is -0.676. The largest absolute Gasteiger partial charge is 0.455 e. The van der Waals surface area contributed by atoms with E-state index in [4.69, 9.17) is 16.3 Å². The summed E-state index contributed by atoms with van der Waals surface area (Å²) in [6.07, 6.45) is 3.39. The van der Waals surface area contributed by atoms with Crippen molar-refractivity contribution >= 4 is 23.5 Å². The van der Waals surface area contributed by atoms with Gasteiger partial charge in [0.1, 0.15) is 0 Å². The molecule has 0 spiro atoms. The highest BCUT2D eigenvalue weighted by Gasteiger charge is 2.44. The Labute approximate surface area is 177 Å². The summed E-state index contributed by atoms with van der Waals surface area (Å²) in [5.41, 5.74) is 3.66. The van der Waals surface area contributed by atoms with E-state index in [1.807, 2.05) is 38.1 Å². The molecule has 0 radical (unpaired) electrons. The van der Waals surface area contributed by atoms with Crippen LogP contribution in [0.5, 0.6) is 0 Å². The zero-order chi connectivity index (χ0) is 21.0. The van der Waals surface area contributed by atoms with Crippen molar-refractivity contribution in [2.24, 2.45) is 0 Å². The third-order valence-electron chi connectivity index (χ3n) is 5.99. The van der Waals surface area contributed by atoms with Gasteiger partial charge in [0.25, 0.3) is 5.91 Å². The number of hydrogen-bond donors (Lipinski definition) is 1. The average molecular weight is 414 g/mol. The fourth-order valence-electron chi connectivity index (χ4n) is 4.03. The number of carbonyl (C=O) groups excluding carboxylic acids is 2. The Bertz CT molecular complexity index is 885. The number of rotatable bonds is 6. The first-order valence-corrected chi connectivity index (χ1v) is 10.5. The molecule has 0 bridgehead atoms. The second kappa shape index (κ2) is 9.00. The van der Waals surface area contributed by atoms with Crippen LogP contribution in [0.4, 0.5) is 0 Å². The molecule has 1 aliphatic carbocycles. The third kappa shape index (κ3) is 4.81. The number of amides is 1. The molecule has 0 saturated heterocycles. The third-order valence-corrected chi connectivity index (χ3v) is 6.24. The van der Waals surface area contributed by atoms with E-state index in [9.17, 15) is 9.59 Å². The van der Waals surface area contributed by atoms with Crippen molar-refractivity contribution in [3.8, 4) is 0 Å². The maximum Gasteiger partial charge on any atom is 0.317 e. The second-order valence-corrected chi connectivity index (χ2v) is 8.44. The minimum Gasteiger partial charge on any atom is -0.455 e. The Morgan fingerprint density at radius 2 is 1.72 bits per heavy atom. The van der Waals surface area contributed by atoms with Gasteiger partial charge in [0, 0.05) is 5.02 Å². The highest BCUT2D eigenvalue weighted by molar-refractivity contribution is 6.30. The standard InChI is InChI=1S/C24H28ClNO3/c1-16-6-7-19(14-17(16)2)18(3)26-22(27)15-29-23(28)24(12-4-5-13-24)20-8-10-21(25)11-9-20/h6-11,14,18H,4-5,12-13,15H2,1-3H3,(H,26,27)/t18-/m1/s1. The molecule has 0 aliphatic heterocycles. The molecule has 4 nitrogen and oxygen atoms in total. The molecule has 1 fully saturated rings. The Morgan fingerprint density at radius 1 is 1.07 bits per heavy atom. The normalized spacial score (nSPS) is 16.3. The van der Waals surface area contributed by atoms with Crippen molar-refractivity contribution in [2.75, 3.05) is 6.61 Å². The second-order valence-electron chi connectivity index (χ2n) is 8.01. The van der Waals surface area contributed by atoms with Gasteiger partial charge in [-0.3, -0.25) is 9.59 Å². The Balaban J connectivity index is 1.61. The Morgan fingerprint density at radius 3 is 2.34 bits per heavy atom. The van der Waals surface area contributed by atoms with Gasteiger partial charge in [-0.05, 0) is 68.0 Å². The number of benzene rings is 2. The first kappa shape index (κ1) is 21.4. The maximum atomic E-state index is 13.0. The van der Waals surface area contributed by atoms with Crippen molar-refractivity contribution < 1.29 is 14.3 Å². The van der Waals surface area contributed by atoms with Gasteiger partial charge in [0.2, 0.25) is 0 Å². The van der Waals surface area contributed by atoms with E-state index < -0.39 is 5.41 Å². The van der Waals surface area contributed by atoms with Gasteiger partial charge in [-0.25, -0.2) is 0 Å². The van der Waals surface area contributed by atoms with Crippen LogP contribution >= 0.6 is 11.6 Å². The van der Waals surface area contributed by atoms with Gasteiger partial charge >= 0.3 is 5.97 Å². The summed E-state index contributed by atoms with van der Waals surface area (Å²) in [7, 11) is 0. The lowest BCUT2D eigenvalue weighted by atomic mass is 9.79. The van der Waals surface area contributed by atoms with Crippen LogP contribution in [0.25, 0.3) is 0 Å². The number of esters is 1. The minimum absolute atomic E-state index is 0.155. The molecule has 1 atom stereocenters. The van der Waals surface area contributed by atoms with Crippen LogP contribution in [-0.4, -0.2) is 18.5 Å². The Hall–Kier alpha value is -2.33. The van der Waals surface area contributed by atoms with E-state index in [2.05, 4.69) is 18.3 Å². The lowest BCUT2D eigenvalue weighted by Crippen LogP contribution is -2.38. The number of nitrogens with one attached hydrogen (secondary N) is 1. The van der Waals surface area contributed by atoms with E-state index in [0.717, 1.165) is 36.8 Å². The summed E-state index contributed by atoms with van der Waals surface area (Å²) in [5, 5.41) is 3.55. The van der Waals surface area contributed by atoms with Gasteiger partial charge in [-0.15, -0.1) is 0 Å². The predicted octanol–water partition coefficient (Wildman–Crippen LogP) is 5.19. The van der Waals surface area contributed by atoms with Crippen LogP contribution in [0.2, 0.25) is 5.02 Å². The van der Waals surface area contributed by atoms with E-state index in [1.54, 1.807) is 12.1 Å². The molecule has 2 aromatic carbocycles. The van der Waals surface area contributed by atoms with Crippen LogP contribution in [0.15, 0.2) is 42.5 Å². The summed E-state index contributed by atoms with van der Waals surface area (Å²) in [4.78, 5) is 25.3. The highest BCUT2D eigenvalue weighted by Crippen LogP contribution is 2.42. The van der Waals surface area contributed by atoms with Crippen molar-refractivity contribution in [3.05, 3.63) is 69.7 Å². The molecule has 2 aromatic rings. The number of hydrogen-bond acceptors (Lipinski definition) is 3. The molecule has 1 saturated carbocycles. The Kier molecular flexibility index (Phi) is 6.63. The molecule has 29 heavy (non-hydrogen) atoms. The van der Waals surface area contributed by atoms with Gasteiger partial charge in [0.05, 0.1) is 11.5 Å².